The van der Waals surface area contributed by atoms with E-state index in [0.717, 1.165) is 0 Å². The minimum atomic E-state index is -1.38. The van der Waals surface area contributed by atoms with Crippen molar-refractivity contribution in [2.75, 3.05) is 21.3 Å². The highest BCUT2D eigenvalue weighted by atomic mass is 32.1. The first-order valence-electron chi connectivity index (χ1n) is 9.65. The van der Waals surface area contributed by atoms with Crippen molar-refractivity contribution in [2.24, 2.45) is 0 Å². The maximum atomic E-state index is 11.6. The van der Waals surface area contributed by atoms with Crippen LogP contribution in [0.15, 0.2) is 40.8 Å². The average molecular weight is 462 g/mol. The highest BCUT2D eigenvalue weighted by Gasteiger charge is 2.53. The van der Waals surface area contributed by atoms with Crippen molar-refractivity contribution < 1.29 is 33.4 Å². The molecule has 0 radical (unpaired) electrons. The minimum Gasteiger partial charge on any atom is -0.497 e. The fourth-order valence-electron chi connectivity index (χ4n) is 4.19. The van der Waals surface area contributed by atoms with Gasteiger partial charge in [0.15, 0.2) is 17.5 Å². The second-order valence-electron chi connectivity index (χ2n) is 7.53. The number of ether oxygens (including phenoxy) is 4. The predicted octanol–water partition coefficient (Wildman–Crippen LogP) is 3.60. The topological polar surface area (TPSA) is 118 Å². The minimum absolute atomic E-state index is 0.0744. The molecule has 1 aliphatic heterocycles. The third-order valence-corrected chi connectivity index (χ3v) is 6.01. The standard InChI is InChI=1S/C21H22N2O8S/c1-21(19(28-3)29-4)18(24)17(13-9-11(23(25)26)5-7-15(13)31-21)22-14-10-12(27-2)6-8-16(14)30-20(22)32/h5-10,17-19,24H,1-4H3/t17-,18-,21-/m1/s1. The molecule has 1 aromatic heterocycles. The summed E-state index contributed by atoms with van der Waals surface area (Å²) in [4.78, 5) is 11.0. The molecule has 4 rings (SSSR count). The molecule has 3 aromatic rings. The van der Waals surface area contributed by atoms with Crippen LogP contribution in [0, 0.1) is 15.0 Å². The van der Waals surface area contributed by atoms with E-state index in [4.69, 9.17) is 35.6 Å². The molecule has 2 aromatic carbocycles. The first kappa shape index (κ1) is 22.2. The van der Waals surface area contributed by atoms with Gasteiger partial charge in [-0.25, -0.2) is 0 Å². The maximum absolute atomic E-state index is 11.6. The summed E-state index contributed by atoms with van der Waals surface area (Å²) in [5.41, 5.74) is -0.143. The molecule has 0 spiro atoms. The second-order valence-corrected chi connectivity index (χ2v) is 7.88. The van der Waals surface area contributed by atoms with Crippen LogP contribution in [-0.2, 0) is 9.47 Å². The van der Waals surface area contributed by atoms with Crippen molar-refractivity contribution in [1.29, 1.82) is 0 Å². The third-order valence-electron chi connectivity index (χ3n) is 5.73. The molecule has 0 bridgehead atoms. The Kier molecular flexibility index (Phi) is 5.67. The van der Waals surface area contributed by atoms with Crippen LogP contribution in [0.25, 0.3) is 11.1 Å². The van der Waals surface area contributed by atoms with Crippen LogP contribution < -0.4 is 9.47 Å². The van der Waals surface area contributed by atoms with E-state index in [1.54, 1.807) is 29.7 Å². The van der Waals surface area contributed by atoms with Gasteiger partial charge in [-0.2, -0.15) is 0 Å². The molecule has 32 heavy (non-hydrogen) atoms. The molecule has 0 unspecified atom stereocenters. The summed E-state index contributed by atoms with van der Waals surface area (Å²) in [6.07, 6.45) is -2.24. The van der Waals surface area contributed by atoms with Crippen LogP contribution in [0.4, 0.5) is 5.69 Å². The van der Waals surface area contributed by atoms with Crippen molar-refractivity contribution in [3.05, 3.63) is 56.9 Å². The van der Waals surface area contributed by atoms with Gasteiger partial charge in [-0.15, -0.1) is 0 Å². The number of fused-ring (bicyclic) bond motifs is 2. The van der Waals surface area contributed by atoms with Gasteiger partial charge in [-0.3, -0.25) is 14.7 Å². The second kappa shape index (κ2) is 8.17. The van der Waals surface area contributed by atoms with Crippen LogP contribution in [0.5, 0.6) is 11.5 Å². The van der Waals surface area contributed by atoms with Gasteiger partial charge in [0, 0.05) is 38.0 Å². The molecule has 0 fully saturated rings. The van der Waals surface area contributed by atoms with Crippen LogP contribution in [0.3, 0.4) is 0 Å². The molecule has 1 N–H and O–H groups in total. The number of hydrogen-bond donors (Lipinski definition) is 1. The van der Waals surface area contributed by atoms with Crippen molar-refractivity contribution in [3.8, 4) is 11.5 Å². The molecule has 0 saturated carbocycles. The Morgan fingerprint density at radius 1 is 1.22 bits per heavy atom. The van der Waals surface area contributed by atoms with Crippen molar-refractivity contribution >= 4 is 29.0 Å². The summed E-state index contributed by atoms with van der Waals surface area (Å²) in [7, 11) is 4.39. The van der Waals surface area contributed by atoms with E-state index in [-0.39, 0.29) is 10.5 Å². The fourth-order valence-corrected chi connectivity index (χ4v) is 4.49. The molecule has 2 heterocycles. The third kappa shape index (κ3) is 3.34. The zero-order valence-corrected chi connectivity index (χ0v) is 18.6. The van der Waals surface area contributed by atoms with Crippen LogP contribution in [-0.4, -0.2) is 53.9 Å². The normalized spacial score (nSPS) is 22.6. The van der Waals surface area contributed by atoms with Gasteiger partial charge in [-0.1, -0.05) is 0 Å². The number of rotatable bonds is 6. The number of aliphatic hydroxyl groups is 1. The summed E-state index contributed by atoms with van der Waals surface area (Å²) in [6.45, 7) is 1.64. The summed E-state index contributed by atoms with van der Waals surface area (Å²) in [5.74, 6) is 0.879. The molecule has 1 aliphatic rings. The SMILES string of the molecule is COc1ccc2oc(=S)n([C@@H]3c4cc([N+](=O)[O-])ccc4O[C@@](C)(C(OC)OC)[C@@H]3O)c2c1. The van der Waals surface area contributed by atoms with E-state index in [2.05, 4.69) is 0 Å². The molecule has 10 nitrogen and oxygen atoms in total. The van der Waals surface area contributed by atoms with Gasteiger partial charge in [0.1, 0.15) is 17.6 Å². The van der Waals surface area contributed by atoms with E-state index in [9.17, 15) is 15.2 Å². The molecular weight excluding hydrogens is 440 g/mol. The van der Waals surface area contributed by atoms with Crippen molar-refractivity contribution in [1.82, 2.24) is 4.57 Å². The number of aliphatic hydroxyl groups excluding tert-OH is 1. The van der Waals surface area contributed by atoms with Gasteiger partial charge in [0.2, 0.25) is 0 Å². The number of nitro groups is 1. The molecular formula is C21H22N2O8S. The smallest absolute Gasteiger partial charge is 0.270 e. The first-order valence-corrected chi connectivity index (χ1v) is 10.1. The molecule has 170 valence electrons. The van der Waals surface area contributed by atoms with E-state index >= 15 is 0 Å². The van der Waals surface area contributed by atoms with E-state index in [1.807, 2.05) is 0 Å². The largest absolute Gasteiger partial charge is 0.497 e. The van der Waals surface area contributed by atoms with E-state index in [0.29, 0.717) is 28.2 Å². The van der Waals surface area contributed by atoms with Crippen LogP contribution in [0.2, 0.25) is 0 Å². The van der Waals surface area contributed by atoms with Gasteiger partial charge in [0.05, 0.1) is 23.6 Å². The van der Waals surface area contributed by atoms with E-state index in [1.165, 1.54) is 39.5 Å². The Labute approximate surface area is 188 Å². The number of non-ortho nitro benzene ring substituents is 1. The zero-order valence-electron chi connectivity index (χ0n) is 17.8. The maximum Gasteiger partial charge on any atom is 0.270 e. The molecule has 0 amide bonds. The summed E-state index contributed by atoms with van der Waals surface area (Å²) in [6, 6.07) is 8.41. The lowest BCUT2D eigenvalue weighted by molar-refractivity contribution is -0.385. The van der Waals surface area contributed by atoms with Gasteiger partial charge in [-0.05, 0) is 37.3 Å². The Bertz CT molecular complexity index is 1230. The monoisotopic (exact) mass is 462 g/mol. The summed E-state index contributed by atoms with van der Waals surface area (Å²) in [5, 5.41) is 23.0. The van der Waals surface area contributed by atoms with Crippen molar-refractivity contribution in [3.63, 3.8) is 0 Å². The number of oxazole rings is 1. The Morgan fingerprint density at radius 2 is 1.94 bits per heavy atom. The van der Waals surface area contributed by atoms with Gasteiger partial charge >= 0.3 is 0 Å². The number of methoxy groups -OCH3 is 3. The molecule has 11 heteroatoms. The van der Waals surface area contributed by atoms with Crippen molar-refractivity contribution in [2.45, 2.75) is 31.0 Å². The number of aromatic nitrogens is 1. The summed E-state index contributed by atoms with van der Waals surface area (Å²) >= 11 is 5.48. The number of nitrogens with zero attached hydrogens (tertiary/aromatic N) is 2. The highest BCUT2D eigenvalue weighted by molar-refractivity contribution is 7.71. The fraction of sp³-hybridized carbons (Fsp3) is 0.381. The quantitative estimate of drug-likeness (QED) is 0.254. The van der Waals surface area contributed by atoms with Crippen LogP contribution >= 0.6 is 12.2 Å². The van der Waals surface area contributed by atoms with Crippen LogP contribution in [0.1, 0.15) is 18.5 Å². The highest BCUT2D eigenvalue weighted by Crippen LogP contribution is 2.46. The van der Waals surface area contributed by atoms with Gasteiger partial charge in [0.25, 0.3) is 10.5 Å². The summed E-state index contributed by atoms with van der Waals surface area (Å²) < 4.78 is 29.6. The Balaban J connectivity index is 2.02. The number of nitro benzene ring substituents is 1. The lowest BCUT2D eigenvalue weighted by Gasteiger charge is -2.46. The predicted molar refractivity (Wildman–Crippen MR) is 116 cm³/mol. The Hall–Kier alpha value is -2.99. The zero-order chi connectivity index (χ0) is 23.2. The average Bonchev–Trinajstić information content (AvgIpc) is 3.09. The molecule has 0 saturated heterocycles. The van der Waals surface area contributed by atoms with E-state index < -0.39 is 29.0 Å². The molecule has 3 atom stereocenters. The first-order chi connectivity index (χ1) is 15.2. The lowest BCUT2D eigenvalue weighted by atomic mass is 9.84. The number of hydrogen-bond acceptors (Lipinski definition) is 9. The Morgan fingerprint density at radius 3 is 2.56 bits per heavy atom. The van der Waals surface area contributed by atoms with Gasteiger partial charge < -0.3 is 28.5 Å². The number of benzene rings is 2. The lowest BCUT2D eigenvalue weighted by Crippen LogP contribution is -2.60. The molecule has 0 aliphatic carbocycles.